The SMILES string of the molecule is C=CC[C@@]12CC(=O)C=C1CCC[C@H]2OCOC. The Bertz CT molecular complexity index is 345. The highest BCUT2D eigenvalue weighted by atomic mass is 16.7. The second-order valence-electron chi connectivity index (χ2n) is 4.92. The van der Waals surface area contributed by atoms with Crippen LogP contribution in [0.25, 0.3) is 0 Å². The minimum absolute atomic E-state index is 0.0897. The van der Waals surface area contributed by atoms with Crippen LogP contribution >= 0.6 is 0 Å². The maximum absolute atomic E-state index is 11.7. The summed E-state index contributed by atoms with van der Waals surface area (Å²) in [6, 6.07) is 0. The molecule has 0 radical (unpaired) electrons. The number of ketones is 1. The van der Waals surface area contributed by atoms with Crippen molar-refractivity contribution in [1.82, 2.24) is 0 Å². The van der Waals surface area contributed by atoms with Crippen LogP contribution in [-0.4, -0.2) is 25.8 Å². The largest absolute Gasteiger partial charge is 0.359 e. The predicted molar refractivity (Wildman–Crippen MR) is 65.6 cm³/mol. The van der Waals surface area contributed by atoms with Crippen LogP contribution < -0.4 is 0 Å². The molecule has 0 amide bonds. The van der Waals surface area contributed by atoms with Crippen molar-refractivity contribution in [1.29, 1.82) is 0 Å². The second-order valence-corrected chi connectivity index (χ2v) is 4.92. The van der Waals surface area contributed by atoms with E-state index in [1.165, 1.54) is 5.57 Å². The van der Waals surface area contributed by atoms with Gasteiger partial charge in [-0.2, -0.15) is 0 Å². The molecular formula is C14H20O3. The fraction of sp³-hybridized carbons (Fsp3) is 0.643. The number of fused-ring (bicyclic) bond motifs is 1. The summed E-state index contributed by atoms with van der Waals surface area (Å²) >= 11 is 0. The van der Waals surface area contributed by atoms with Crippen molar-refractivity contribution in [2.45, 2.75) is 38.2 Å². The lowest BCUT2D eigenvalue weighted by atomic mass is 9.67. The molecule has 94 valence electrons. The molecule has 3 nitrogen and oxygen atoms in total. The van der Waals surface area contributed by atoms with E-state index < -0.39 is 0 Å². The smallest absolute Gasteiger partial charge is 0.156 e. The average Bonchev–Trinajstić information content (AvgIpc) is 2.63. The molecule has 2 rings (SSSR count). The number of methoxy groups -OCH3 is 1. The Morgan fingerprint density at radius 1 is 1.65 bits per heavy atom. The number of ether oxygens (including phenoxy) is 2. The molecule has 0 unspecified atom stereocenters. The predicted octanol–water partition coefficient (Wildman–Crippen LogP) is 2.62. The number of allylic oxidation sites excluding steroid dienone is 2. The molecule has 3 heteroatoms. The quantitative estimate of drug-likeness (QED) is 0.543. The van der Waals surface area contributed by atoms with Crippen molar-refractivity contribution in [3.05, 3.63) is 24.3 Å². The number of rotatable bonds is 5. The van der Waals surface area contributed by atoms with Crippen LogP contribution in [0.2, 0.25) is 0 Å². The van der Waals surface area contributed by atoms with Gasteiger partial charge in [-0.3, -0.25) is 4.79 Å². The Balaban J connectivity index is 2.23. The fourth-order valence-corrected chi connectivity index (χ4v) is 3.19. The zero-order chi connectivity index (χ0) is 12.3. The molecule has 2 aliphatic rings. The van der Waals surface area contributed by atoms with Crippen LogP contribution in [0.1, 0.15) is 32.1 Å². The first-order valence-corrected chi connectivity index (χ1v) is 6.18. The first-order valence-electron chi connectivity index (χ1n) is 6.18. The van der Waals surface area contributed by atoms with Crippen molar-refractivity contribution >= 4 is 5.78 Å². The third kappa shape index (κ3) is 2.22. The molecule has 17 heavy (non-hydrogen) atoms. The van der Waals surface area contributed by atoms with Gasteiger partial charge in [0.05, 0.1) is 6.10 Å². The van der Waals surface area contributed by atoms with Gasteiger partial charge >= 0.3 is 0 Å². The van der Waals surface area contributed by atoms with Crippen LogP contribution in [0.15, 0.2) is 24.3 Å². The van der Waals surface area contributed by atoms with E-state index in [1.807, 2.05) is 12.2 Å². The van der Waals surface area contributed by atoms with Crippen molar-refractivity contribution < 1.29 is 14.3 Å². The van der Waals surface area contributed by atoms with E-state index in [2.05, 4.69) is 6.58 Å². The van der Waals surface area contributed by atoms with Gasteiger partial charge in [-0.15, -0.1) is 6.58 Å². The summed E-state index contributed by atoms with van der Waals surface area (Å²) in [6.45, 7) is 4.12. The molecule has 0 aliphatic heterocycles. The van der Waals surface area contributed by atoms with Crippen LogP contribution in [0, 0.1) is 5.41 Å². The molecule has 0 bridgehead atoms. The lowest BCUT2D eigenvalue weighted by Crippen LogP contribution is -2.40. The lowest BCUT2D eigenvalue weighted by Gasteiger charge is -2.42. The Morgan fingerprint density at radius 3 is 3.18 bits per heavy atom. The summed E-state index contributed by atoms with van der Waals surface area (Å²) in [5.74, 6) is 0.231. The average molecular weight is 236 g/mol. The van der Waals surface area contributed by atoms with Crippen molar-refractivity contribution in [3.8, 4) is 0 Å². The lowest BCUT2D eigenvalue weighted by molar-refractivity contribution is -0.129. The molecule has 1 fully saturated rings. The molecule has 0 spiro atoms. The van der Waals surface area contributed by atoms with E-state index in [-0.39, 0.29) is 17.3 Å². The molecular weight excluding hydrogens is 216 g/mol. The number of hydrogen-bond acceptors (Lipinski definition) is 3. The zero-order valence-electron chi connectivity index (χ0n) is 10.4. The normalized spacial score (nSPS) is 32.2. The third-order valence-electron chi connectivity index (χ3n) is 3.89. The number of carbonyl (C=O) groups excluding carboxylic acids is 1. The van der Waals surface area contributed by atoms with E-state index in [0.717, 1.165) is 25.7 Å². The Kier molecular flexibility index (Phi) is 3.79. The van der Waals surface area contributed by atoms with E-state index in [4.69, 9.17) is 9.47 Å². The molecule has 0 aromatic rings. The zero-order valence-corrected chi connectivity index (χ0v) is 10.4. The van der Waals surface area contributed by atoms with Gasteiger partial charge in [0.2, 0.25) is 0 Å². The van der Waals surface area contributed by atoms with Gasteiger partial charge in [0, 0.05) is 18.9 Å². The molecule has 0 heterocycles. The van der Waals surface area contributed by atoms with Crippen molar-refractivity contribution in [2.75, 3.05) is 13.9 Å². The highest BCUT2D eigenvalue weighted by molar-refractivity contribution is 5.94. The summed E-state index contributed by atoms with van der Waals surface area (Å²) < 4.78 is 10.8. The molecule has 0 saturated heterocycles. The minimum Gasteiger partial charge on any atom is -0.359 e. The van der Waals surface area contributed by atoms with Crippen LogP contribution in [0.3, 0.4) is 0 Å². The topological polar surface area (TPSA) is 35.5 Å². The van der Waals surface area contributed by atoms with Crippen LogP contribution in [0.4, 0.5) is 0 Å². The minimum atomic E-state index is -0.129. The highest BCUT2D eigenvalue weighted by Crippen LogP contribution is 2.51. The molecule has 0 N–H and O–H groups in total. The summed E-state index contributed by atoms with van der Waals surface area (Å²) in [6.07, 6.45) is 8.32. The number of carbonyl (C=O) groups is 1. The Labute approximate surface area is 102 Å². The molecule has 2 atom stereocenters. The summed E-state index contributed by atoms with van der Waals surface area (Å²) in [7, 11) is 1.62. The third-order valence-corrected chi connectivity index (χ3v) is 3.89. The van der Waals surface area contributed by atoms with Crippen LogP contribution in [-0.2, 0) is 14.3 Å². The van der Waals surface area contributed by atoms with Gasteiger partial charge in [-0.25, -0.2) is 0 Å². The molecule has 0 aromatic heterocycles. The Hall–Kier alpha value is -0.930. The second kappa shape index (κ2) is 5.15. The first-order chi connectivity index (χ1) is 8.23. The maximum Gasteiger partial charge on any atom is 0.156 e. The summed E-state index contributed by atoms with van der Waals surface area (Å²) in [5, 5.41) is 0. The summed E-state index contributed by atoms with van der Waals surface area (Å²) in [4.78, 5) is 11.7. The van der Waals surface area contributed by atoms with Gasteiger partial charge in [-0.05, 0) is 31.8 Å². The molecule has 0 aromatic carbocycles. The monoisotopic (exact) mass is 236 g/mol. The molecule has 1 saturated carbocycles. The van der Waals surface area contributed by atoms with Gasteiger partial charge in [0.25, 0.3) is 0 Å². The van der Waals surface area contributed by atoms with Gasteiger partial charge in [-0.1, -0.05) is 11.6 Å². The van der Waals surface area contributed by atoms with E-state index >= 15 is 0 Å². The Morgan fingerprint density at radius 2 is 2.47 bits per heavy atom. The number of hydrogen-bond donors (Lipinski definition) is 0. The van der Waals surface area contributed by atoms with E-state index in [1.54, 1.807) is 7.11 Å². The van der Waals surface area contributed by atoms with Gasteiger partial charge < -0.3 is 9.47 Å². The van der Waals surface area contributed by atoms with Crippen molar-refractivity contribution in [2.24, 2.45) is 5.41 Å². The molecule has 2 aliphatic carbocycles. The standard InChI is InChI=1S/C14H20O3/c1-3-7-14-9-12(15)8-11(14)5-4-6-13(14)17-10-16-2/h3,8,13H,1,4-7,9-10H2,2H3/t13-,14-/m1/s1. The van der Waals surface area contributed by atoms with Crippen LogP contribution in [0.5, 0.6) is 0 Å². The van der Waals surface area contributed by atoms with Gasteiger partial charge in [0.1, 0.15) is 6.79 Å². The van der Waals surface area contributed by atoms with E-state index in [9.17, 15) is 4.79 Å². The summed E-state index contributed by atoms with van der Waals surface area (Å²) in [5.41, 5.74) is 1.13. The van der Waals surface area contributed by atoms with Gasteiger partial charge in [0.15, 0.2) is 5.78 Å². The highest BCUT2D eigenvalue weighted by Gasteiger charge is 2.48. The fourth-order valence-electron chi connectivity index (χ4n) is 3.19. The van der Waals surface area contributed by atoms with E-state index in [0.29, 0.717) is 13.2 Å². The maximum atomic E-state index is 11.7. The first kappa shape index (κ1) is 12.5. The van der Waals surface area contributed by atoms with Crippen molar-refractivity contribution in [3.63, 3.8) is 0 Å².